The summed E-state index contributed by atoms with van der Waals surface area (Å²) >= 11 is 0. The van der Waals surface area contributed by atoms with Crippen molar-refractivity contribution in [1.29, 1.82) is 0 Å². The Morgan fingerprint density at radius 2 is 1.68 bits per heavy atom. The number of pyridine rings is 1. The molecule has 1 amide bonds. The predicted molar refractivity (Wildman–Crippen MR) is 89.7 cm³/mol. The van der Waals surface area contributed by atoms with Gasteiger partial charge in [-0.1, -0.05) is 0 Å². The number of halogens is 3. The normalized spacial score (nSPS) is 15.1. The lowest BCUT2D eigenvalue weighted by molar-refractivity contribution is -0.141. The van der Waals surface area contributed by atoms with Gasteiger partial charge >= 0.3 is 6.18 Å². The number of hydrogen-bond donors (Lipinski definition) is 1. The standard InChI is InChI=1S/C18H18F3N3O/c19-18(20,21)16-9-4-13(12-22-16)17(25)23-14-5-7-15(8-6-14)24-10-2-1-3-11-24/h4-9,12H,1-3,10-11H2,(H,23,25). The fourth-order valence-corrected chi connectivity index (χ4v) is 2.81. The summed E-state index contributed by atoms with van der Waals surface area (Å²) in [6.07, 6.45) is 0.0319. The van der Waals surface area contributed by atoms with E-state index in [1.165, 1.54) is 19.3 Å². The maximum Gasteiger partial charge on any atom is 0.433 e. The summed E-state index contributed by atoms with van der Waals surface area (Å²) in [6, 6.07) is 9.37. The van der Waals surface area contributed by atoms with Gasteiger partial charge in [-0.15, -0.1) is 0 Å². The molecule has 1 saturated heterocycles. The van der Waals surface area contributed by atoms with Gasteiger partial charge in [0.1, 0.15) is 5.69 Å². The molecule has 1 aromatic heterocycles. The van der Waals surface area contributed by atoms with Crippen LogP contribution >= 0.6 is 0 Å². The van der Waals surface area contributed by atoms with Gasteiger partial charge in [-0.25, -0.2) is 0 Å². The highest BCUT2D eigenvalue weighted by atomic mass is 19.4. The molecule has 0 radical (unpaired) electrons. The molecule has 0 bridgehead atoms. The van der Waals surface area contributed by atoms with Crippen LogP contribution in [0.1, 0.15) is 35.3 Å². The molecule has 0 unspecified atom stereocenters. The van der Waals surface area contributed by atoms with Crippen LogP contribution in [0.25, 0.3) is 0 Å². The smallest absolute Gasteiger partial charge is 0.372 e. The number of carbonyl (C=O) groups is 1. The molecule has 0 aliphatic carbocycles. The summed E-state index contributed by atoms with van der Waals surface area (Å²) in [4.78, 5) is 17.7. The molecule has 1 fully saturated rings. The van der Waals surface area contributed by atoms with Crippen molar-refractivity contribution in [3.8, 4) is 0 Å². The number of benzene rings is 1. The van der Waals surface area contributed by atoms with Gasteiger partial charge in [-0.3, -0.25) is 9.78 Å². The lowest BCUT2D eigenvalue weighted by Gasteiger charge is -2.28. The average Bonchev–Trinajstić information content (AvgIpc) is 2.62. The molecular weight excluding hydrogens is 331 g/mol. The third-order valence-electron chi connectivity index (χ3n) is 4.16. The van der Waals surface area contributed by atoms with E-state index in [2.05, 4.69) is 15.2 Å². The zero-order valence-corrected chi connectivity index (χ0v) is 13.5. The van der Waals surface area contributed by atoms with Crippen LogP contribution in [0, 0.1) is 0 Å². The molecule has 25 heavy (non-hydrogen) atoms. The number of rotatable bonds is 3. The average molecular weight is 349 g/mol. The van der Waals surface area contributed by atoms with Crippen molar-refractivity contribution in [3.05, 3.63) is 53.9 Å². The third kappa shape index (κ3) is 4.29. The number of nitrogens with zero attached hydrogens (tertiary/aromatic N) is 2. The van der Waals surface area contributed by atoms with Crippen molar-refractivity contribution < 1.29 is 18.0 Å². The summed E-state index contributed by atoms with van der Waals surface area (Å²) in [5, 5.41) is 2.67. The molecule has 132 valence electrons. The van der Waals surface area contributed by atoms with Crippen molar-refractivity contribution in [2.75, 3.05) is 23.3 Å². The van der Waals surface area contributed by atoms with Crippen molar-refractivity contribution in [2.24, 2.45) is 0 Å². The first kappa shape index (κ1) is 17.3. The van der Waals surface area contributed by atoms with E-state index in [0.29, 0.717) is 5.69 Å². The highest BCUT2D eigenvalue weighted by molar-refractivity contribution is 6.04. The van der Waals surface area contributed by atoms with E-state index in [9.17, 15) is 18.0 Å². The van der Waals surface area contributed by atoms with Crippen LogP contribution in [0.4, 0.5) is 24.5 Å². The molecule has 0 saturated carbocycles. The summed E-state index contributed by atoms with van der Waals surface area (Å²) in [6.45, 7) is 2.06. The highest BCUT2D eigenvalue weighted by Crippen LogP contribution is 2.27. The fraction of sp³-hybridized carbons (Fsp3) is 0.333. The summed E-state index contributed by atoms with van der Waals surface area (Å²) in [7, 11) is 0. The molecule has 2 aromatic rings. The molecule has 0 spiro atoms. The van der Waals surface area contributed by atoms with Crippen molar-refractivity contribution in [2.45, 2.75) is 25.4 Å². The minimum Gasteiger partial charge on any atom is -0.372 e. The first-order valence-corrected chi connectivity index (χ1v) is 8.13. The van der Waals surface area contributed by atoms with Gasteiger partial charge in [0, 0.05) is 30.7 Å². The molecule has 1 aliphatic heterocycles. The Kier molecular flexibility index (Phi) is 4.92. The van der Waals surface area contributed by atoms with Crippen LogP contribution < -0.4 is 10.2 Å². The number of nitrogens with one attached hydrogen (secondary N) is 1. The summed E-state index contributed by atoms with van der Waals surface area (Å²) in [5.41, 5.74) is 0.752. The number of carbonyl (C=O) groups excluding carboxylic acids is 1. The topological polar surface area (TPSA) is 45.2 Å². The van der Waals surface area contributed by atoms with Crippen LogP contribution in [0.3, 0.4) is 0 Å². The monoisotopic (exact) mass is 349 g/mol. The molecule has 2 heterocycles. The molecular formula is C18H18F3N3O. The fourth-order valence-electron chi connectivity index (χ4n) is 2.81. The molecule has 1 aromatic carbocycles. The highest BCUT2D eigenvalue weighted by Gasteiger charge is 2.32. The minimum absolute atomic E-state index is 0.0770. The van der Waals surface area contributed by atoms with Crippen molar-refractivity contribution in [1.82, 2.24) is 4.98 Å². The molecule has 1 N–H and O–H groups in total. The van der Waals surface area contributed by atoms with E-state index in [1.807, 2.05) is 12.1 Å². The molecule has 4 nitrogen and oxygen atoms in total. The quantitative estimate of drug-likeness (QED) is 0.896. The van der Waals surface area contributed by atoms with Gasteiger partial charge in [-0.2, -0.15) is 13.2 Å². The predicted octanol–water partition coefficient (Wildman–Crippen LogP) is 4.34. The Hall–Kier alpha value is -2.57. The van der Waals surface area contributed by atoms with Crippen molar-refractivity contribution >= 4 is 17.3 Å². The number of amides is 1. The Balaban J connectivity index is 1.64. The molecule has 3 rings (SSSR count). The maximum absolute atomic E-state index is 12.5. The van der Waals surface area contributed by atoms with E-state index in [1.54, 1.807) is 12.1 Å². The van der Waals surface area contributed by atoms with Gasteiger partial charge in [0.05, 0.1) is 5.56 Å². The van der Waals surface area contributed by atoms with E-state index < -0.39 is 17.8 Å². The van der Waals surface area contributed by atoms with E-state index in [4.69, 9.17) is 0 Å². The number of hydrogen-bond acceptors (Lipinski definition) is 3. The largest absolute Gasteiger partial charge is 0.433 e. The summed E-state index contributed by atoms with van der Waals surface area (Å²) in [5.74, 6) is -0.494. The van der Waals surface area contributed by atoms with Crippen LogP contribution in [0.15, 0.2) is 42.6 Å². The number of anilines is 2. The Bertz CT molecular complexity index is 721. The van der Waals surface area contributed by atoms with Gasteiger partial charge in [0.2, 0.25) is 0 Å². The molecule has 0 atom stereocenters. The van der Waals surface area contributed by atoms with Gasteiger partial charge in [0.25, 0.3) is 5.91 Å². The van der Waals surface area contributed by atoms with E-state index in [0.717, 1.165) is 37.1 Å². The maximum atomic E-state index is 12.5. The minimum atomic E-state index is -4.51. The van der Waals surface area contributed by atoms with Crippen LogP contribution in [0.2, 0.25) is 0 Å². The third-order valence-corrected chi connectivity index (χ3v) is 4.16. The first-order chi connectivity index (χ1) is 11.9. The Morgan fingerprint density at radius 3 is 2.24 bits per heavy atom. The lowest BCUT2D eigenvalue weighted by atomic mass is 10.1. The van der Waals surface area contributed by atoms with Gasteiger partial charge in [-0.05, 0) is 55.7 Å². The lowest BCUT2D eigenvalue weighted by Crippen LogP contribution is -2.29. The van der Waals surface area contributed by atoms with Gasteiger partial charge in [0.15, 0.2) is 0 Å². The number of aromatic nitrogens is 1. The second-order valence-electron chi connectivity index (χ2n) is 5.98. The Morgan fingerprint density at radius 1 is 1.00 bits per heavy atom. The second kappa shape index (κ2) is 7.13. The molecule has 7 heteroatoms. The van der Waals surface area contributed by atoms with Crippen LogP contribution in [0.5, 0.6) is 0 Å². The zero-order valence-electron chi connectivity index (χ0n) is 13.5. The SMILES string of the molecule is O=C(Nc1ccc(N2CCCCC2)cc1)c1ccc(C(F)(F)F)nc1. The summed E-state index contributed by atoms with van der Waals surface area (Å²) < 4.78 is 37.5. The first-order valence-electron chi connectivity index (χ1n) is 8.13. The van der Waals surface area contributed by atoms with E-state index in [-0.39, 0.29) is 5.56 Å². The van der Waals surface area contributed by atoms with Gasteiger partial charge < -0.3 is 10.2 Å². The van der Waals surface area contributed by atoms with E-state index >= 15 is 0 Å². The van der Waals surface area contributed by atoms with Crippen LogP contribution in [-0.2, 0) is 6.18 Å². The Labute approximate surface area is 143 Å². The van der Waals surface area contributed by atoms with Crippen LogP contribution in [-0.4, -0.2) is 24.0 Å². The number of piperidine rings is 1. The number of alkyl halides is 3. The second-order valence-corrected chi connectivity index (χ2v) is 5.98. The van der Waals surface area contributed by atoms with Crippen molar-refractivity contribution in [3.63, 3.8) is 0 Å². The molecule has 1 aliphatic rings. The zero-order chi connectivity index (χ0) is 17.9.